The molecule has 1 aromatic carbocycles. The lowest BCUT2D eigenvalue weighted by molar-refractivity contribution is 0.366. The van der Waals surface area contributed by atoms with E-state index in [1.54, 1.807) is 0 Å². The molecule has 3 heteroatoms. The van der Waals surface area contributed by atoms with Crippen molar-refractivity contribution in [3.8, 4) is 0 Å². The Morgan fingerprint density at radius 2 is 1.69 bits per heavy atom. The first kappa shape index (κ1) is 13.8. The van der Waals surface area contributed by atoms with Crippen LogP contribution in [0.25, 0.3) is 0 Å². The van der Waals surface area contributed by atoms with Crippen LogP contribution in [0.3, 0.4) is 0 Å². The van der Waals surface area contributed by atoms with Crippen molar-refractivity contribution in [1.82, 2.24) is 5.32 Å². The molecule has 16 heavy (non-hydrogen) atoms. The van der Waals surface area contributed by atoms with Crippen LogP contribution in [0.2, 0.25) is 10.0 Å². The van der Waals surface area contributed by atoms with E-state index in [4.69, 9.17) is 23.2 Å². The molecular weight excluding hydrogens is 241 g/mol. The summed E-state index contributed by atoms with van der Waals surface area (Å²) in [5.74, 6) is 0. The Morgan fingerprint density at radius 1 is 1.12 bits per heavy atom. The van der Waals surface area contributed by atoms with Crippen molar-refractivity contribution >= 4 is 23.2 Å². The van der Waals surface area contributed by atoms with E-state index >= 15 is 0 Å². The minimum absolute atomic E-state index is 0.358. The highest BCUT2D eigenvalue weighted by molar-refractivity contribution is 6.35. The summed E-state index contributed by atoms with van der Waals surface area (Å²) in [6.07, 6.45) is 1.13. The highest BCUT2D eigenvalue weighted by Gasteiger charge is 2.09. The van der Waals surface area contributed by atoms with Gasteiger partial charge in [0, 0.05) is 22.2 Å². The van der Waals surface area contributed by atoms with Crippen LogP contribution < -0.4 is 5.32 Å². The molecule has 1 rings (SSSR count). The van der Waals surface area contributed by atoms with E-state index < -0.39 is 0 Å². The largest absolute Gasteiger partial charge is 0.313 e. The monoisotopic (exact) mass is 259 g/mol. The number of hydrogen-bond donors (Lipinski definition) is 1. The topological polar surface area (TPSA) is 12.0 Å². The lowest BCUT2D eigenvalue weighted by atomic mass is 9.92. The fraction of sp³-hybridized carbons (Fsp3) is 0.538. The molecule has 0 amide bonds. The van der Waals surface area contributed by atoms with Crippen LogP contribution in [0.4, 0.5) is 0 Å². The SMILES string of the molecule is CC(C)(C)CCNCc1c(Cl)cccc1Cl. The van der Waals surface area contributed by atoms with Gasteiger partial charge in [-0.3, -0.25) is 0 Å². The molecule has 0 spiro atoms. The second-order valence-corrected chi connectivity index (χ2v) is 6.00. The molecule has 0 unspecified atom stereocenters. The molecule has 0 radical (unpaired) electrons. The average molecular weight is 260 g/mol. The van der Waals surface area contributed by atoms with Gasteiger partial charge in [0.05, 0.1) is 0 Å². The average Bonchev–Trinajstić information content (AvgIpc) is 2.14. The summed E-state index contributed by atoms with van der Waals surface area (Å²) in [4.78, 5) is 0. The van der Waals surface area contributed by atoms with Crippen LogP contribution in [-0.4, -0.2) is 6.54 Å². The smallest absolute Gasteiger partial charge is 0.0465 e. The summed E-state index contributed by atoms with van der Waals surface area (Å²) in [5.41, 5.74) is 1.34. The fourth-order valence-corrected chi connectivity index (χ4v) is 1.91. The van der Waals surface area contributed by atoms with Crippen LogP contribution >= 0.6 is 23.2 Å². The Hall–Kier alpha value is -0.240. The Balaban J connectivity index is 2.43. The molecule has 1 nitrogen and oxygen atoms in total. The van der Waals surface area contributed by atoms with E-state index in [1.165, 1.54) is 0 Å². The van der Waals surface area contributed by atoms with Gasteiger partial charge in [0.1, 0.15) is 0 Å². The first-order valence-electron chi connectivity index (χ1n) is 5.54. The van der Waals surface area contributed by atoms with Gasteiger partial charge in [0.25, 0.3) is 0 Å². The van der Waals surface area contributed by atoms with E-state index in [0.29, 0.717) is 5.41 Å². The van der Waals surface area contributed by atoms with Crippen molar-refractivity contribution in [2.45, 2.75) is 33.7 Å². The quantitative estimate of drug-likeness (QED) is 0.785. The third-order valence-corrected chi connectivity index (χ3v) is 3.12. The maximum atomic E-state index is 6.07. The Morgan fingerprint density at radius 3 is 2.19 bits per heavy atom. The zero-order chi connectivity index (χ0) is 12.2. The van der Waals surface area contributed by atoms with Gasteiger partial charge in [-0.15, -0.1) is 0 Å². The molecule has 0 bridgehead atoms. The molecule has 90 valence electrons. The minimum atomic E-state index is 0.358. The fourth-order valence-electron chi connectivity index (χ4n) is 1.38. The number of benzene rings is 1. The lowest BCUT2D eigenvalue weighted by Crippen LogP contribution is -2.20. The summed E-state index contributed by atoms with van der Waals surface area (Å²) in [7, 11) is 0. The maximum absolute atomic E-state index is 6.07. The van der Waals surface area contributed by atoms with E-state index in [2.05, 4.69) is 26.1 Å². The number of nitrogens with one attached hydrogen (secondary N) is 1. The molecule has 0 aliphatic rings. The van der Waals surface area contributed by atoms with Crippen LogP contribution in [0.5, 0.6) is 0 Å². The van der Waals surface area contributed by atoms with Gasteiger partial charge in [-0.1, -0.05) is 50.0 Å². The zero-order valence-electron chi connectivity index (χ0n) is 10.1. The number of rotatable bonds is 4. The van der Waals surface area contributed by atoms with Crippen molar-refractivity contribution < 1.29 is 0 Å². The maximum Gasteiger partial charge on any atom is 0.0465 e. The van der Waals surface area contributed by atoms with Crippen LogP contribution in [-0.2, 0) is 6.54 Å². The van der Waals surface area contributed by atoms with Gasteiger partial charge in [-0.05, 0) is 30.5 Å². The van der Waals surface area contributed by atoms with Crippen molar-refractivity contribution in [2.75, 3.05) is 6.54 Å². The van der Waals surface area contributed by atoms with Gasteiger partial charge in [-0.2, -0.15) is 0 Å². The van der Waals surface area contributed by atoms with Crippen LogP contribution in [0.1, 0.15) is 32.8 Å². The Bertz CT molecular complexity index is 322. The Labute approximate surface area is 108 Å². The van der Waals surface area contributed by atoms with Gasteiger partial charge in [-0.25, -0.2) is 0 Å². The molecule has 0 saturated heterocycles. The standard InChI is InChI=1S/C13H19Cl2N/c1-13(2,3)7-8-16-9-10-11(14)5-4-6-12(10)15/h4-6,16H,7-9H2,1-3H3. The minimum Gasteiger partial charge on any atom is -0.313 e. The summed E-state index contributed by atoms with van der Waals surface area (Å²) in [5, 5.41) is 4.84. The van der Waals surface area contributed by atoms with Crippen molar-refractivity contribution in [3.05, 3.63) is 33.8 Å². The molecule has 1 aromatic rings. The van der Waals surface area contributed by atoms with Crippen LogP contribution in [0, 0.1) is 5.41 Å². The van der Waals surface area contributed by atoms with Gasteiger partial charge >= 0.3 is 0 Å². The summed E-state index contributed by atoms with van der Waals surface area (Å²) in [6.45, 7) is 8.41. The van der Waals surface area contributed by atoms with Gasteiger partial charge < -0.3 is 5.32 Å². The molecule has 0 atom stereocenters. The summed E-state index contributed by atoms with van der Waals surface area (Å²) >= 11 is 12.1. The molecule has 0 aliphatic carbocycles. The highest BCUT2D eigenvalue weighted by atomic mass is 35.5. The van der Waals surface area contributed by atoms with E-state index in [1.807, 2.05) is 18.2 Å². The van der Waals surface area contributed by atoms with Gasteiger partial charge in [0.15, 0.2) is 0 Å². The molecule has 1 N–H and O–H groups in total. The predicted octanol–water partition coefficient (Wildman–Crippen LogP) is 4.52. The van der Waals surface area contributed by atoms with Crippen molar-refractivity contribution in [1.29, 1.82) is 0 Å². The van der Waals surface area contributed by atoms with Gasteiger partial charge in [0.2, 0.25) is 0 Å². The summed E-state index contributed by atoms with van der Waals surface area (Å²) in [6, 6.07) is 5.60. The normalized spacial score (nSPS) is 11.8. The second-order valence-electron chi connectivity index (χ2n) is 5.19. The zero-order valence-corrected chi connectivity index (χ0v) is 11.6. The lowest BCUT2D eigenvalue weighted by Gasteiger charge is -2.18. The third-order valence-electron chi connectivity index (χ3n) is 2.42. The molecule has 0 saturated carbocycles. The molecule has 0 heterocycles. The van der Waals surface area contributed by atoms with Crippen LogP contribution in [0.15, 0.2) is 18.2 Å². The van der Waals surface area contributed by atoms with E-state index in [-0.39, 0.29) is 0 Å². The molecule has 0 fully saturated rings. The molecule has 0 aliphatic heterocycles. The number of hydrogen-bond acceptors (Lipinski definition) is 1. The second kappa shape index (κ2) is 5.90. The first-order valence-corrected chi connectivity index (χ1v) is 6.29. The molecular formula is C13H19Cl2N. The third kappa shape index (κ3) is 4.73. The highest BCUT2D eigenvalue weighted by Crippen LogP contribution is 2.24. The first-order chi connectivity index (χ1) is 7.40. The molecule has 0 aromatic heterocycles. The van der Waals surface area contributed by atoms with E-state index in [0.717, 1.165) is 35.1 Å². The summed E-state index contributed by atoms with van der Waals surface area (Å²) < 4.78 is 0. The number of halogens is 2. The van der Waals surface area contributed by atoms with Crippen molar-refractivity contribution in [3.63, 3.8) is 0 Å². The van der Waals surface area contributed by atoms with Crippen molar-refractivity contribution in [2.24, 2.45) is 5.41 Å². The van der Waals surface area contributed by atoms with E-state index in [9.17, 15) is 0 Å². The predicted molar refractivity (Wildman–Crippen MR) is 72.2 cm³/mol. The Kier molecular flexibility index (Phi) is 5.10.